The van der Waals surface area contributed by atoms with Crippen LogP contribution < -0.4 is 0 Å². The summed E-state index contributed by atoms with van der Waals surface area (Å²) in [7, 11) is 0. The highest BCUT2D eigenvalue weighted by molar-refractivity contribution is 5.33. The summed E-state index contributed by atoms with van der Waals surface area (Å²) in [5, 5.41) is 10.3. The molecule has 0 bridgehead atoms. The molecule has 0 aliphatic rings. The van der Waals surface area contributed by atoms with Crippen molar-refractivity contribution in [3.8, 4) is 0 Å². The summed E-state index contributed by atoms with van der Waals surface area (Å²) >= 11 is 0. The average Bonchev–Trinajstić information content (AvgIpc) is 2.04. The topological polar surface area (TPSA) is 56.0 Å². The van der Waals surface area contributed by atoms with Crippen molar-refractivity contribution in [1.82, 2.24) is 4.98 Å². The minimum absolute atomic E-state index is 0.106. The quantitative estimate of drug-likeness (QED) is 0.477. The van der Waals surface area contributed by atoms with E-state index in [0.717, 1.165) is 0 Å². The average molecular weight is 152 g/mol. The van der Waals surface area contributed by atoms with Gasteiger partial charge in [-0.2, -0.15) is 0 Å². The largest absolute Gasteiger partial charge is 0.290 e. The highest BCUT2D eigenvalue weighted by Crippen LogP contribution is 2.14. The van der Waals surface area contributed by atoms with Gasteiger partial charge in [0.25, 0.3) is 5.69 Å². The maximum Gasteiger partial charge on any atom is 0.290 e. The third kappa shape index (κ3) is 1.52. The molecule has 1 aromatic heterocycles. The Morgan fingerprint density at radius 2 is 2.45 bits per heavy atom. The zero-order chi connectivity index (χ0) is 8.27. The molecule has 0 spiro atoms. The first-order valence-corrected chi connectivity index (χ1v) is 3.34. The number of rotatable bonds is 2. The van der Waals surface area contributed by atoms with Crippen LogP contribution in [0.3, 0.4) is 0 Å². The van der Waals surface area contributed by atoms with Gasteiger partial charge in [-0.1, -0.05) is 6.92 Å². The monoisotopic (exact) mass is 152 g/mol. The number of hydrogen-bond donors (Lipinski definition) is 0. The van der Waals surface area contributed by atoms with Gasteiger partial charge in [-0.3, -0.25) is 15.1 Å². The third-order valence-electron chi connectivity index (χ3n) is 1.40. The SMILES string of the molecule is CCc1ncccc1[N+](=O)[O-]. The van der Waals surface area contributed by atoms with Crippen molar-refractivity contribution in [2.75, 3.05) is 0 Å². The molecule has 0 aliphatic carbocycles. The molecule has 0 radical (unpaired) electrons. The molecule has 0 unspecified atom stereocenters. The Bertz CT molecular complexity index is 273. The summed E-state index contributed by atoms with van der Waals surface area (Å²) in [4.78, 5) is 13.8. The fourth-order valence-corrected chi connectivity index (χ4v) is 0.868. The second kappa shape index (κ2) is 3.09. The number of nitrogens with zero attached hydrogens (tertiary/aromatic N) is 2. The summed E-state index contributed by atoms with van der Waals surface area (Å²) in [5.41, 5.74) is 0.646. The summed E-state index contributed by atoms with van der Waals surface area (Å²) < 4.78 is 0. The molecular formula is C7H8N2O2. The number of aromatic nitrogens is 1. The lowest BCUT2D eigenvalue weighted by atomic mass is 10.2. The van der Waals surface area contributed by atoms with E-state index >= 15 is 0 Å². The van der Waals surface area contributed by atoms with Crippen LogP contribution in [0.4, 0.5) is 5.69 Å². The van der Waals surface area contributed by atoms with E-state index in [1.807, 2.05) is 6.92 Å². The Kier molecular flexibility index (Phi) is 2.15. The number of pyridine rings is 1. The van der Waals surface area contributed by atoms with Gasteiger partial charge in [-0.15, -0.1) is 0 Å². The van der Waals surface area contributed by atoms with Crippen molar-refractivity contribution < 1.29 is 4.92 Å². The summed E-state index contributed by atoms with van der Waals surface area (Å²) in [5.74, 6) is 0. The molecule has 0 aliphatic heterocycles. The van der Waals surface area contributed by atoms with Crippen molar-refractivity contribution >= 4 is 5.69 Å². The maximum atomic E-state index is 10.3. The molecule has 1 aromatic rings. The van der Waals surface area contributed by atoms with Crippen molar-refractivity contribution in [2.45, 2.75) is 13.3 Å². The molecule has 4 nitrogen and oxygen atoms in total. The summed E-state index contributed by atoms with van der Waals surface area (Å²) in [6, 6.07) is 3.03. The van der Waals surface area contributed by atoms with Crippen molar-refractivity contribution in [1.29, 1.82) is 0 Å². The molecule has 0 aromatic carbocycles. The molecule has 0 saturated carbocycles. The minimum atomic E-state index is -0.411. The first-order chi connectivity index (χ1) is 5.25. The zero-order valence-corrected chi connectivity index (χ0v) is 6.15. The fraction of sp³-hybridized carbons (Fsp3) is 0.286. The smallest absolute Gasteiger partial charge is 0.258 e. The van der Waals surface area contributed by atoms with Crippen LogP contribution in [0.15, 0.2) is 18.3 Å². The molecule has 0 N–H and O–H groups in total. The van der Waals surface area contributed by atoms with E-state index in [-0.39, 0.29) is 5.69 Å². The molecule has 1 rings (SSSR count). The van der Waals surface area contributed by atoms with Crippen LogP contribution in [0.5, 0.6) is 0 Å². The van der Waals surface area contributed by atoms with Crippen LogP contribution >= 0.6 is 0 Å². The molecule has 11 heavy (non-hydrogen) atoms. The molecule has 0 atom stereocenters. The van der Waals surface area contributed by atoms with Gasteiger partial charge in [-0.25, -0.2) is 0 Å². The van der Waals surface area contributed by atoms with Crippen LogP contribution in [0.25, 0.3) is 0 Å². The lowest BCUT2D eigenvalue weighted by Gasteiger charge is -1.95. The number of nitro groups is 1. The zero-order valence-electron chi connectivity index (χ0n) is 6.15. The van der Waals surface area contributed by atoms with Gasteiger partial charge in [0.2, 0.25) is 0 Å². The van der Waals surface area contributed by atoms with E-state index in [1.54, 1.807) is 12.3 Å². The van der Waals surface area contributed by atoms with Crippen LogP contribution in [0.1, 0.15) is 12.6 Å². The molecule has 1 heterocycles. The minimum Gasteiger partial charge on any atom is -0.258 e. The second-order valence-electron chi connectivity index (χ2n) is 2.08. The van der Waals surface area contributed by atoms with E-state index < -0.39 is 4.92 Å². The summed E-state index contributed by atoms with van der Waals surface area (Å²) in [6.07, 6.45) is 2.16. The first kappa shape index (κ1) is 7.65. The summed E-state index contributed by atoms with van der Waals surface area (Å²) in [6.45, 7) is 1.84. The van der Waals surface area contributed by atoms with Gasteiger partial charge in [-0.05, 0) is 12.5 Å². The highest BCUT2D eigenvalue weighted by Gasteiger charge is 2.10. The Morgan fingerprint density at radius 3 is 2.91 bits per heavy atom. The molecule has 58 valence electrons. The van der Waals surface area contributed by atoms with Crippen LogP contribution in [0, 0.1) is 10.1 Å². The van der Waals surface area contributed by atoms with E-state index in [9.17, 15) is 10.1 Å². The van der Waals surface area contributed by atoms with Crippen LogP contribution in [0.2, 0.25) is 0 Å². The van der Waals surface area contributed by atoms with E-state index in [4.69, 9.17) is 0 Å². The molecule has 4 heteroatoms. The van der Waals surface area contributed by atoms with Crippen molar-refractivity contribution in [3.05, 3.63) is 34.1 Å². The lowest BCUT2D eigenvalue weighted by molar-refractivity contribution is -0.385. The second-order valence-corrected chi connectivity index (χ2v) is 2.08. The van der Waals surface area contributed by atoms with Gasteiger partial charge in [0.1, 0.15) is 5.69 Å². The molecule has 0 amide bonds. The third-order valence-corrected chi connectivity index (χ3v) is 1.40. The van der Waals surface area contributed by atoms with Gasteiger partial charge >= 0.3 is 0 Å². The predicted molar refractivity (Wildman–Crippen MR) is 40.3 cm³/mol. The van der Waals surface area contributed by atoms with Gasteiger partial charge in [0.05, 0.1) is 4.92 Å². The Balaban J connectivity index is 3.12. The maximum absolute atomic E-state index is 10.3. The van der Waals surface area contributed by atoms with Crippen molar-refractivity contribution in [2.24, 2.45) is 0 Å². The van der Waals surface area contributed by atoms with E-state index in [0.29, 0.717) is 12.1 Å². The Hall–Kier alpha value is -1.45. The number of hydrogen-bond acceptors (Lipinski definition) is 3. The lowest BCUT2D eigenvalue weighted by Crippen LogP contribution is -1.95. The van der Waals surface area contributed by atoms with Crippen LogP contribution in [-0.2, 0) is 6.42 Å². The normalized spacial score (nSPS) is 9.55. The van der Waals surface area contributed by atoms with Crippen molar-refractivity contribution in [3.63, 3.8) is 0 Å². The van der Waals surface area contributed by atoms with Gasteiger partial charge in [0, 0.05) is 12.3 Å². The molecule has 0 fully saturated rings. The van der Waals surface area contributed by atoms with E-state index in [1.165, 1.54) is 6.07 Å². The Labute approximate surface area is 64.0 Å². The Morgan fingerprint density at radius 1 is 1.73 bits per heavy atom. The molecular weight excluding hydrogens is 144 g/mol. The highest BCUT2D eigenvalue weighted by atomic mass is 16.6. The predicted octanol–water partition coefficient (Wildman–Crippen LogP) is 1.55. The fourth-order valence-electron chi connectivity index (χ4n) is 0.868. The number of aryl methyl sites for hydroxylation is 1. The first-order valence-electron chi connectivity index (χ1n) is 3.34. The van der Waals surface area contributed by atoms with Gasteiger partial charge in [0.15, 0.2) is 0 Å². The van der Waals surface area contributed by atoms with E-state index in [2.05, 4.69) is 4.98 Å². The van der Waals surface area contributed by atoms with Crippen LogP contribution in [-0.4, -0.2) is 9.91 Å². The van der Waals surface area contributed by atoms with Gasteiger partial charge < -0.3 is 0 Å². The molecule has 0 saturated heterocycles. The standard InChI is InChI=1S/C7H8N2O2/c1-2-6-7(9(10)11)4-3-5-8-6/h3-5H,2H2,1H3.